The summed E-state index contributed by atoms with van der Waals surface area (Å²) in [5.41, 5.74) is 0.824. The molecule has 0 amide bonds. The molecule has 1 aliphatic rings. The normalized spacial score (nSPS) is 19.9. The molecular formula is C14H18N2O3S. The number of rotatable bonds is 5. The zero-order valence-corrected chi connectivity index (χ0v) is 12.3. The van der Waals surface area contributed by atoms with Crippen molar-refractivity contribution < 1.29 is 13.2 Å². The summed E-state index contributed by atoms with van der Waals surface area (Å²) in [6.45, 7) is 1.64. The molecule has 1 aromatic carbocycles. The maximum atomic E-state index is 12.5. The van der Waals surface area contributed by atoms with Gasteiger partial charge < -0.3 is 4.74 Å². The van der Waals surface area contributed by atoms with Gasteiger partial charge in [0.2, 0.25) is 10.0 Å². The molecule has 1 aromatic rings. The van der Waals surface area contributed by atoms with Gasteiger partial charge in [0.05, 0.1) is 24.0 Å². The number of benzene rings is 1. The van der Waals surface area contributed by atoms with Gasteiger partial charge in [-0.25, -0.2) is 8.42 Å². The van der Waals surface area contributed by atoms with Crippen LogP contribution in [0.5, 0.6) is 0 Å². The highest BCUT2D eigenvalue weighted by atomic mass is 32.2. The van der Waals surface area contributed by atoms with Gasteiger partial charge in [0.25, 0.3) is 0 Å². The number of methoxy groups -OCH3 is 1. The summed E-state index contributed by atoms with van der Waals surface area (Å²) < 4.78 is 31.5. The van der Waals surface area contributed by atoms with Crippen LogP contribution in [-0.2, 0) is 21.2 Å². The summed E-state index contributed by atoms with van der Waals surface area (Å²) in [7, 11) is -1.80. The molecular weight excluding hydrogens is 276 g/mol. The van der Waals surface area contributed by atoms with Gasteiger partial charge in [0.1, 0.15) is 0 Å². The van der Waals surface area contributed by atoms with Crippen LogP contribution in [0.4, 0.5) is 0 Å². The summed E-state index contributed by atoms with van der Waals surface area (Å²) in [5.74, 6) is 0.271. The van der Waals surface area contributed by atoms with Crippen LogP contribution in [0, 0.1) is 17.2 Å². The molecule has 0 bridgehead atoms. The molecule has 1 saturated heterocycles. The van der Waals surface area contributed by atoms with E-state index in [1.54, 1.807) is 31.4 Å². The summed E-state index contributed by atoms with van der Waals surface area (Å²) in [6.07, 6.45) is 1.12. The molecule has 1 heterocycles. The molecule has 0 aliphatic carbocycles. The summed E-state index contributed by atoms with van der Waals surface area (Å²) in [5, 5.41) is 8.61. The molecule has 0 saturated carbocycles. The molecule has 1 aliphatic heterocycles. The Bertz CT molecular complexity index is 590. The third-order valence-corrected chi connectivity index (χ3v) is 5.37. The lowest BCUT2D eigenvalue weighted by Crippen LogP contribution is -2.29. The Hall–Kier alpha value is -1.42. The number of nitriles is 1. The Morgan fingerprint density at radius 2 is 2.10 bits per heavy atom. The Kier molecular flexibility index (Phi) is 4.76. The van der Waals surface area contributed by atoms with Crippen LogP contribution in [0.2, 0.25) is 0 Å². The average Bonchev–Trinajstić information content (AvgIpc) is 2.90. The third kappa shape index (κ3) is 3.18. The quantitative estimate of drug-likeness (QED) is 0.823. The fourth-order valence-electron chi connectivity index (χ4n) is 2.41. The van der Waals surface area contributed by atoms with Crippen molar-refractivity contribution in [2.45, 2.75) is 17.7 Å². The maximum Gasteiger partial charge on any atom is 0.243 e. The Labute approximate surface area is 119 Å². The zero-order chi connectivity index (χ0) is 14.6. The Morgan fingerprint density at radius 1 is 1.40 bits per heavy atom. The molecule has 0 N–H and O–H groups in total. The molecule has 1 fully saturated rings. The smallest absolute Gasteiger partial charge is 0.243 e. The van der Waals surface area contributed by atoms with Crippen molar-refractivity contribution in [3.8, 4) is 6.07 Å². The minimum absolute atomic E-state index is 0.271. The molecule has 0 spiro atoms. The van der Waals surface area contributed by atoms with Crippen LogP contribution in [0.15, 0.2) is 29.2 Å². The lowest BCUT2D eigenvalue weighted by molar-refractivity contribution is 0.157. The van der Waals surface area contributed by atoms with E-state index in [4.69, 9.17) is 10.00 Å². The lowest BCUT2D eigenvalue weighted by Gasteiger charge is -2.16. The number of sulfonamides is 1. The minimum Gasteiger partial charge on any atom is -0.384 e. The number of hydrogen-bond donors (Lipinski definition) is 0. The van der Waals surface area contributed by atoms with E-state index in [2.05, 4.69) is 0 Å². The molecule has 1 atom stereocenters. The van der Waals surface area contributed by atoms with Gasteiger partial charge in [-0.2, -0.15) is 9.57 Å². The highest BCUT2D eigenvalue weighted by Gasteiger charge is 2.32. The molecule has 6 heteroatoms. The number of ether oxygens (including phenoxy) is 1. The van der Waals surface area contributed by atoms with Gasteiger partial charge in [-0.15, -0.1) is 0 Å². The summed E-state index contributed by atoms with van der Waals surface area (Å²) in [4.78, 5) is 0.289. The predicted molar refractivity (Wildman–Crippen MR) is 74.5 cm³/mol. The van der Waals surface area contributed by atoms with Gasteiger partial charge in [-0.05, 0) is 30.0 Å². The van der Waals surface area contributed by atoms with Crippen molar-refractivity contribution in [1.29, 1.82) is 5.26 Å². The first-order chi connectivity index (χ1) is 9.57. The standard InChI is InChI=1S/C14H18N2O3S/c1-19-11-13-7-9-16(10-13)20(17,18)14-4-2-12(3-5-14)6-8-15/h2-5,13H,6-7,9-11H2,1H3. The van der Waals surface area contributed by atoms with Crippen LogP contribution in [0.3, 0.4) is 0 Å². The molecule has 1 unspecified atom stereocenters. The van der Waals surface area contributed by atoms with E-state index in [-0.39, 0.29) is 10.8 Å². The third-order valence-electron chi connectivity index (χ3n) is 3.50. The van der Waals surface area contributed by atoms with E-state index in [1.165, 1.54) is 4.31 Å². The highest BCUT2D eigenvalue weighted by molar-refractivity contribution is 7.89. The second kappa shape index (κ2) is 6.35. The van der Waals surface area contributed by atoms with Crippen LogP contribution < -0.4 is 0 Å². The van der Waals surface area contributed by atoms with E-state index in [0.29, 0.717) is 26.1 Å². The van der Waals surface area contributed by atoms with E-state index < -0.39 is 10.0 Å². The van der Waals surface area contributed by atoms with Crippen molar-refractivity contribution in [3.05, 3.63) is 29.8 Å². The fourth-order valence-corrected chi connectivity index (χ4v) is 3.94. The van der Waals surface area contributed by atoms with Crippen LogP contribution >= 0.6 is 0 Å². The van der Waals surface area contributed by atoms with Crippen LogP contribution in [0.1, 0.15) is 12.0 Å². The summed E-state index contributed by atoms with van der Waals surface area (Å²) >= 11 is 0. The van der Waals surface area contributed by atoms with Crippen molar-refractivity contribution in [3.63, 3.8) is 0 Å². The number of hydrogen-bond acceptors (Lipinski definition) is 4. The van der Waals surface area contributed by atoms with Crippen LogP contribution in [0.25, 0.3) is 0 Å². The number of nitrogens with zero attached hydrogens (tertiary/aromatic N) is 2. The van der Waals surface area contributed by atoms with Gasteiger partial charge in [0, 0.05) is 20.2 Å². The Balaban J connectivity index is 2.13. The predicted octanol–water partition coefficient (Wildman–Crippen LogP) is 1.41. The lowest BCUT2D eigenvalue weighted by atomic mass is 10.1. The van der Waals surface area contributed by atoms with Gasteiger partial charge >= 0.3 is 0 Å². The minimum atomic E-state index is -3.43. The zero-order valence-electron chi connectivity index (χ0n) is 11.4. The van der Waals surface area contributed by atoms with E-state index in [0.717, 1.165) is 12.0 Å². The van der Waals surface area contributed by atoms with E-state index >= 15 is 0 Å². The molecule has 5 nitrogen and oxygen atoms in total. The molecule has 108 valence electrons. The first-order valence-electron chi connectivity index (χ1n) is 6.53. The second-order valence-corrected chi connectivity index (χ2v) is 6.89. The first-order valence-corrected chi connectivity index (χ1v) is 7.97. The van der Waals surface area contributed by atoms with Crippen molar-refractivity contribution in [1.82, 2.24) is 4.31 Å². The molecule has 0 radical (unpaired) electrons. The van der Waals surface area contributed by atoms with E-state index in [1.807, 2.05) is 6.07 Å². The summed E-state index contributed by atoms with van der Waals surface area (Å²) in [6, 6.07) is 8.58. The molecule has 2 rings (SSSR count). The first kappa shape index (κ1) is 15.0. The highest BCUT2D eigenvalue weighted by Crippen LogP contribution is 2.24. The topological polar surface area (TPSA) is 70.4 Å². The maximum absolute atomic E-state index is 12.5. The fraction of sp³-hybridized carbons (Fsp3) is 0.500. The second-order valence-electron chi connectivity index (χ2n) is 4.95. The van der Waals surface area contributed by atoms with Crippen molar-refractivity contribution in [2.24, 2.45) is 5.92 Å². The largest absolute Gasteiger partial charge is 0.384 e. The van der Waals surface area contributed by atoms with Gasteiger partial charge in [-0.1, -0.05) is 12.1 Å². The molecule has 0 aromatic heterocycles. The molecule has 20 heavy (non-hydrogen) atoms. The van der Waals surface area contributed by atoms with Gasteiger partial charge in [0.15, 0.2) is 0 Å². The average molecular weight is 294 g/mol. The van der Waals surface area contributed by atoms with E-state index in [9.17, 15) is 8.42 Å². The van der Waals surface area contributed by atoms with Crippen molar-refractivity contribution >= 4 is 10.0 Å². The Morgan fingerprint density at radius 3 is 2.70 bits per heavy atom. The van der Waals surface area contributed by atoms with Gasteiger partial charge in [-0.3, -0.25) is 0 Å². The van der Waals surface area contributed by atoms with Crippen LogP contribution in [-0.4, -0.2) is 39.5 Å². The SMILES string of the molecule is COCC1CCN(S(=O)(=O)c2ccc(CC#N)cc2)C1. The monoisotopic (exact) mass is 294 g/mol. The van der Waals surface area contributed by atoms with Crippen molar-refractivity contribution in [2.75, 3.05) is 26.8 Å².